The first-order valence-electron chi connectivity index (χ1n) is 21.0. The summed E-state index contributed by atoms with van der Waals surface area (Å²) in [7, 11) is 0. The van der Waals surface area contributed by atoms with Crippen molar-refractivity contribution >= 4 is 50.9 Å². The van der Waals surface area contributed by atoms with E-state index in [0.29, 0.717) is 0 Å². The molecule has 0 fully saturated rings. The van der Waals surface area contributed by atoms with E-state index in [2.05, 4.69) is 195 Å². The molecule has 3 aliphatic rings. The number of fused-ring (bicyclic) bond motifs is 15. The Morgan fingerprint density at radius 1 is 0.459 bits per heavy atom. The summed E-state index contributed by atoms with van der Waals surface area (Å²) in [4.78, 5) is 10.3. The molecular formula is C57H38N2OS. The Morgan fingerprint density at radius 3 is 1.79 bits per heavy atom. The predicted octanol–water partition coefficient (Wildman–Crippen LogP) is 15.3. The molecule has 0 saturated heterocycles. The fourth-order valence-corrected chi connectivity index (χ4v) is 12.1. The Bertz CT molecular complexity index is 3400. The van der Waals surface area contributed by atoms with Gasteiger partial charge in [-0.25, -0.2) is 4.98 Å². The summed E-state index contributed by atoms with van der Waals surface area (Å²) < 4.78 is 6.29. The van der Waals surface area contributed by atoms with Gasteiger partial charge in [0.15, 0.2) is 0 Å². The van der Waals surface area contributed by atoms with Gasteiger partial charge in [0.25, 0.3) is 0 Å². The van der Waals surface area contributed by atoms with Crippen molar-refractivity contribution in [3.8, 4) is 33.4 Å². The van der Waals surface area contributed by atoms with E-state index < -0.39 is 5.41 Å². The molecule has 3 heterocycles. The second-order valence-electron chi connectivity index (χ2n) is 17.0. The molecule has 1 spiro atoms. The number of para-hydroxylation sites is 1. The van der Waals surface area contributed by atoms with Gasteiger partial charge in [0, 0.05) is 49.1 Å². The van der Waals surface area contributed by atoms with E-state index in [1.165, 1.54) is 65.4 Å². The van der Waals surface area contributed by atoms with E-state index in [1.54, 1.807) is 0 Å². The highest BCUT2D eigenvalue weighted by Gasteiger charge is 2.50. The molecule has 0 amide bonds. The van der Waals surface area contributed by atoms with Crippen LogP contribution in [0.5, 0.6) is 0 Å². The van der Waals surface area contributed by atoms with Crippen LogP contribution in [0, 0.1) is 0 Å². The molecule has 0 bridgehead atoms. The zero-order valence-corrected chi connectivity index (χ0v) is 34.5. The van der Waals surface area contributed by atoms with E-state index in [4.69, 9.17) is 9.40 Å². The largest absolute Gasteiger partial charge is 0.456 e. The van der Waals surface area contributed by atoms with Gasteiger partial charge in [0.1, 0.15) is 17.0 Å². The molecule has 10 aromatic rings. The molecule has 13 rings (SSSR count). The summed E-state index contributed by atoms with van der Waals surface area (Å²) in [5.74, 6) is 0.853. The third kappa shape index (κ3) is 4.74. The molecule has 0 atom stereocenters. The minimum Gasteiger partial charge on any atom is -0.456 e. The van der Waals surface area contributed by atoms with Gasteiger partial charge in [-0.3, -0.25) is 4.90 Å². The number of benzene rings is 8. The van der Waals surface area contributed by atoms with Crippen molar-refractivity contribution in [1.29, 1.82) is 0 Å². The lowest BCUT2D eigenvalue weighted by atomic mass is 9.67. The van der Waals surface area contributed by atoms with Crippen molar-refractivity contribution in [3.05, 3.63) is 228 Å². The normalized spacial score (nSPS) is 14.6. The topological polar surface area (TPSA) is 29.3 Å². The standard InChI is InChI=1S/C57H38N2OS/c1-56(2)44-19-7-3-14-39(44)42-29-27-36(32-48(42)56)59(54-31-26-35(34-58-54)38-18-13-24-51-55(38)43-17-6-11-23-50(43)60-51)37-28-30-53-49(33-37)57(47-22-10-12-25-52(47)61-53)45-20-8-4-15-40(45)41-16-5-9-21-46(41)57/h3-34H,1-2H3. The molecule has 4 heteroatoms. The summed E-state index contributed by atoms with van der Waals surface area (Å²) in [6.07, 6.45) is 2.03. The molecule has 2 aromatic heterocycles. The van der Waals surface area contributed by atoms with E-state index in [0.717, 1.165) is 50.3 Å². The van der Waals surface area contributed by atoms with E-state index >= 15 is 0 Å². The van der Waals surface area contributed by atoms with Gasteiger partial charge in [0.2, 0.25) is 0 Å². The first kappa shape index (κ1) is 34.7. The molecule has 61 heavy (non-hydrogen) atoms. The zero-order chi connectivity index (χ0) is 40.5. The number of hydrogen-bond donors (Lipinski definition) is 0. The first-order chi connectivity index (χ1) is 30.0. The maximum atomic E-state index is 6.29. The highest BCUT2D eigenvalue weighted by molar-refractivity contribution is 7.99. The highest BCUT2D eigenvalue weighted by Crippen LogP contribution is 2.63. The van der Waals surface area contributed by atoms with Gasteiger partial charge in [-0.2, -0.15) is 0 Å². The van der Waals surface area contributed by atoms with Crippen LogP contribution in [0.2, 0.25) is 0 Å². The molecule has 3 nitrogen and oxygen atoms in total. The number of furan rings is 1. The highest BCUT2D eigenvalue weighted by atomic mass is 32.2. The Kier molecular flexibility index (Phi) is 7.22. The van der Waals surface area contributed by atoms with Gasteiger partial charge in [0.05, 0.1) is 5.41 Å². The Morgan fingerprint density at radius 2 is 1.03 bits per heavy atom. The smallest absolute Gasteiger partial charge is 0.137 e. The van der Waals surface area contributed by atoms with Crippen molar-refractivity contribution in [2.75, 3.05) is 4.90 Å². The van der Waals surface area contributed by atoms with Gasteiger partial charge in [-0.05, 0) is 122 Å². The van der Waals surface area contributed by atoms with Crippen molar-refractivity contribution in [1.82, 2.24) is 4.98 Å². The summed E-state index contributed by atoms with van der Waals surface area (Å²) in [6.45, 7) is 4.70. The average Bonchev–Trinajstić information content (AvgIpc) is 3.91. The SMILES string of the molecule is CC1(C)c2ccccc2-c2ccc(N(c3ccc4c(c3)C3(c5ccccc5S4)c4ccccc4-c4ccccc43)c3ccc(-c4cccc5oc6ccccc6c45)cn3)cc21. The van der Waals surface area contributed by atoms with Crippen LogP contribution in [-0.4, -0.2) is 4.98 Å². The Hall–Kier alpha value is -7.14. The molecule has 0 unspecified atom stereocenters. The van der Waals surface area contributed by atoms with Crippen LogP contribution in [0.1, 0.15) is 47.2 Å². The first-order valence-corrected chi connectivity index (χ1v) is 21.8. The number of pyridine rings is 1. The van der Waals surface area contributed by atoms with Crippen molar-refractivity contribution in [3.63, 3.8) is 0 Å². The molecule has 0 radical (unpaired) electrons. The quantitative estimate of drug-likeness (QED) is 0.177. The van der Waals surface area contributed by atoms with Crippen LogP contribution in [0.25, 0.3) is 55.3 Å². The zero-order valence-electron chi connectivity index (χ0n) is 33.7. The summed E-state index contributed by atoms with van der Waals surface area (Å²) in [5.41, 5.74) is 18.6. The van der Waals surface area contributed by atoms with Crippen LogP contribution >= 0.6 is 11.8 Å². The van der Waals surface area contributed by atoms with Gasteiger partial charge < -0.3 is 4.42 Å². The third-order valence-corrected chi connectivity index (χ3v) is 14.8. The Labute approximate surface area is 359 Å². The Balaban J connectivity index is 1.03. The number of nitrogens with zero attached hydrogens (tertiary/aromatic N) is 2. The number of hydrogen-bond acceptors (Lipinski definition) is 4. The van der Waals surface area contributed by atoms with E-state index in [1.807, 2.05) is 30.1 Å². The lowest BCUT2D eigenvalue weighted by Crippen LogP contribution is -2.32. The summed E-state index contributed by atoms with van der Waals surface area (Å²) >= 11 is 1.87. The second-order valence-corrected chi connectivity index (χ2v) is 18.1. The molecular weight excluding hydrogens is 761 g/mol. The summed E-state index contributed by atoms with van der Waals surface area (Å²) in [6, 6.07) is 69.0. The van der Waals surface area contributed by atoms with E-state index in [9.17, 15) is 0 Å². The van der Waals surface area contributed by atoms with Crippen molar-refractivity contribution in [2.45, 2.75) is 34.5 Å². The minimum atomic E-state index is -0.489. The molecule has 1 aliphatic heterocycles. The molecule has 0 N–H and O–H groups in total. The molecule has 288 valence electrons. The van der Waals surface area contributed by atoms with Crippen LogP contribution < -0.4 is 4.90 Å². The van der Waals surface area contributed by atoms with Crippen LogP contribution in [0.15, 0.2) is 208 Å². The average molecular weight is 799 g/mol. The maximum Gasteiger partial charge on any atom is 0.137 e. The van der Waals surface area contributed by atoms with Crippen LogP contribution in [-0.2, 0) is 10.8 Å². The van der Waals surface area contributed by atoms with Gasteiger partial charge in [-0.1, -0.05) is 153 Å². The number of rotatable bonds is 4. The van der Waals surface area contributed by atoms with Gasteiger partial charge >= 0.3 is 0 Å². The fourth-order valence-electron chi connectivity index (χ4n) is 10.9. The monoisotopic (exact) mass is 798 g/mol. The number of anilines is 3. The van der Waals surface area contributed by atoms with E-state index in [-0.39, 0.29) is 5.41 Å². The van der Waals surface area contributed by atoms with Crippen LogP contribution in [0.3, 0.4) is 0 Å². The second kappa shape index (κ2) is 12.7. The fraction of sp³-hybridized carbons (Fsp3) is 0.0702. The maximum absolute atomic E-state index is 6.29. The predicted molar refractivity (Wildman–Crippen MR) is 251 cm³/mol. The lowest BCUT2D eigenvalue weighted by molar-refractivity contribution is 0.660. The lowest BCUT2D eigenvalue weighted by Gasteiger charge is -2.40. The molecule has 2 aliphatic carbocycles. The van der Waals surface area contributed by atoms with Crippen LogP contribution in [0.4, 0.5) is 17.2 Å². The molecule has 8 aromatic carbocycles. The van der Waals surface area contributed by atoms with Gasteiger partial charge in [-0.15, -0.1) is 0 Å². The van der Waals surface area contributed by atoms with Crippen molar-refractivity contribution < 1.29 is 4.42 Å². The number of aromatic nitrogens is 1. The summed E-state index contributed by atoms with van der Waals surface area (Å²) in [5, 5.41) is 2.22. The van der Waals surface area contributed by atoms with Crippen molar-refractivity contribution in [2.24, 2.45) is 0 Å². The molecule has 0 saturated carbocycles. The third-order valence-electron chi connectivity index (χ3n) is 13.6. The minimum absolute atomic E-state index is 0.158.